The Kier molecular flexibility index (Phi) is 4.48. The molecule has 0 aromatic heterocycles. The van der Waals surface area contributed by atoms with E-state index in [0.29, 0.717) is 0 Å². The van der Waals surface area contributed by atoms with Crippen molar-refractivity contribution in [1.29, 1.82) is 5.41 Å². The van der Waals surface area contributed by atoms with E-state index in [1.165, 1.54) is 0 Å². The highest BCUT2D eigenvalue weighted by Gasteiger charge is 2.24. The molecule has 1 aromatic carbocycles. The predicted molar refractivity (Wildman–Crippen MR) is 72.8 cm³/mol. The maximum atomic E-state index is 11.8. The Morgan fingerprint density at radius 1 is 1.33 bits per heavy atom. The van der Waals surface area contributed by atoms with Gasteiger partial charge in [-0.3, -0.25) is 5.41 Å². The van der Waals surface area contributed by atoms with Gasteiger partial charge in [-0.25, -0.2) is 13.1 Å². The Bertz CT molecular complexity index is 509. The second-order valence-electron chi connectivity index (χ2n) is 4.86. The van der Waals surface area contributed by atoms with Crippen molar-refractivity contribution in [3.05, 3.63) is 35.9 Å². The van der Waals surface area contributed by atoms with Gasteiger partial charge in [-0.15, -0.1) is 0 Å². The lowest BCUT2D eigenvalue weighted by Gasteiger charge is -2.23. The summed E-state index contributed by atoms with van der Waals surface area (Å²) >= 11 is 0. The van der Waals surface area contributed by atoms with Gasteiger partial charge in [-0.2, -0.15) is 0 Å². The topological polar surface area (TPSA) is 96.0 Å². The first-order valence-electron chi connectivity index (χ1n) is 5.59. The van der Waals surface area contributed by atoms with Crippen molar-refractivity contribution in [3.8, 4) is 0 Å². The molecule has 1 rings (SSSR count). The van der Waals surface area contributed by atoms with Crippen LogP contribution in [0.1, 0.15) is 19.4 Å². The summed E-state index contributed by atoms with van der Waals surface area (Å²) in [5.74, 6) is -0.105. The maximum absolute atomic E-state index is 11.8. The molecule has 100 valence electrons. The lowest BCUT2D eigenvalue weighted by Crippen LogP contribution is -2.42. The summed E-state index contributed by atoms with van der Waals surface area (Å²) in [5, 5.41) is 7.37. The largest absolute Gasteiger partial charge is 0.387 e. The van der Waals surface area contributed by atoms with Gasteiger partial charge >= 0.3 is 0 Å². The highest BCUT2D eigenvalue weighted by atomic mass is 32.2. The summed E-state index contributed by atoms with van der Waals surface area (Å²) < 4.78 is 26.2. The lowest BCUT2D eigenvalue weighted by molar-refractivity contribution is 0.493. The van der Waals surface area contributed by atoms with Crippen molar-refractivity contribution < 1.29 is 8.42 Å². The molecule has 18 heavy (non-hydrogen) atoms. The molecule has 0 atom stereocenters. The molecule has 0 spiro atoms. The number of nitrogens with two attached hydrogens (primary N) is 1. The molecule has 0 aliphatic carbocycles. The van der Waals surface area contributed by atoms with Crippen molar-refractivity contribution in [1.82, 2.24) is 4.72 Å². The van der Waals surface area contributed by atoms with Gasteiger partial charge < -0.3 is 5.73 Å². The minimum absolute atomic E-state index is 0.0371. The number of sulfonamides is 1. The molecule has 0 aliphatic rings. The molecular formula is C12H19N3O2S. The van der Waals surface area contributed by atoms with Crippen LogP contribution < -0.4 is 10.5 Å². The van der Waals surface area contributed by atoms with Gasteiger partial charge in [0.2, 0.25) is 10.0 Å². The zero-order valence-corrected chi connectivity index (χ0v) is 11.4. The molecular weight excluding hydrogens is 250 g/mol. The van der Waals surface area contributed by atoms with Crippen LogP contribution >= 0.6 is 0 Å². The second kappa shape index (κ2) is 5.49. The molecule has 0 aliphatic heterocycles. The Morgan fingerprint density at radius 3 is 2.39 bits per heavy atom. The summed E-state index contributed by atoms with van der Waals surface area (Å²) in [6.07, 6.45) is 0. The normalized spacial score (nSPS) is 12.3. The fourth-order valence-corrected chi connectivity index (χ4v) is 2.54. The van der Waals surface area contributed by atoms with E-state index < -0.39 is 15.4 Å². The minimum Gasteiger partial charge on any atom is -0.387 e. The molecule has 0 heterocycles. The fourth-order valence-electron chi connectivity index (χ4n) is 1.23. The summed E-state index contributed by atoms with van der Waals surface area (Å²) in [5.41, 5.74) is 5.45. The van der Waals surface area contributed by atoms with Crippen molar-refractivity contribution in [3.63, 3.8) is 0 Å². The van der Waals surface area contributed by atoms with Crippen molar-refractivity contribution in [2.45, 2.75) is 19.6 Å². The number of benzene rings is 1. The fraction of sp³-hybridized carbons (Fsp3) is 0.417. The third-order valence-corrected chi connectivity index (χ3v) is 3.96. The van der Waals surface area contributed by atoms with Crippen LogP contribution in [0, 0.1) is 10.8 Å². The maximum Gasteiger partial charge on any atom is 0.215 e. The van der Waals surface area contributed by atoms with Gasteiger partial charge in [0.15, 0.2) is 0 Å². The van der Waals surface area contributed by atoms with E-state index in [4.69, 9.17) is 11.1 Å². The average Bonchev–Trinajstić information content (AvgIpc) is 2.27. The number of nitrogens with one attached hydrogen (secondary N) is 2. The quantitative estimate of drug-likeness (QED) is 0.532. The molecule has 0 saturated heterocycles. The zero-order chi connectivity index (χ0) is 13.8. The molecule has 0 saturated carbocycles. The predicted octanol–water partition coefficient (Wildman–Crippen LogP) is 1.07. The van der Waals surface area contributed by atoms with Crippen LogP contribution in [0.25, 0.3) is 0 Å². The van der Waals surface area contributed by atoms with Crippen LogP contribution in [-0.2, 0) is 15.8 Å². The van der Waals surface area contributed by atoms with Crippen LogP contribution in [0.3, 0.4) is 0 Å². The average molecular weight is 269 g/mol. The number of rotatable bonds is 6. The van der Waals surface area contributed by atoms with Crippen LogP contribution in [0.5, 0.6) is 0 Å². The summed E-state index contributed by atoms with van der Waals surface area (Å²) in [7, 11) is -3.40. The van der Waals surface area contributed by atoms with Crippen molar-refractivity contribution in [2.24, 2.45) is 11.1 Å². The molecule has 6 heteroatoms. The molecule has 0 radical (unpaired) electrons. The van der Waals surface area contributed by atoms with Gasteiger partial charge in [0, 0.05) is 12.0 Å². The third-order valence-electron chi connectivity index (χ3n) is 2.66. The lowest BCUT2D eigenvalue weighted by atomic mass is 9.93. The molecule has 0 bridgehead atoms. The van der Waals surface area contributed by atoms with Crippen LogP contribution in [0.15, 0.2) is 30.3 Å². The Hall–Kier alpha value is -1.40. The van der Waals surface area contributed by atoms with Gasteiger partial charge in [-0.05, 0) is 5.56 Å². The Labute approximate surface area is 108 Å². The first kappa shape index (κ1) is 14.7. The van der Waals surface area contributed by atoms with Gasteiger partial charge in [0.05, 0.1) is 11.6 Å². The first-order valence-corrected chi connectivity index (χ1v) is 7.24. The SMILES string of the molecule is CC(C)(CNS(=O)(=O)Cc1ccccc1)C(=N)N. The molecule has 4 N–H and O–H groups in total. The van der Waals surface area contributed by atoms with E-state index in [-0.39, 0.29) is 18.1 Å². The van der Waals surface area contributed by atoms with Crippen molar-refractivity contribution >= 4 is 15.9 Å². The smallest absolute Gasteiger partial charge is 0.215 e. The van der Waals surface area contributed by atoms with Gasteiger partial charge in [0.1, 0.15) is 0 Å². The van der Waals surface area contributed by atoms with E-state index in [9.17, 15) is 8.42 Å². The molecule has 0 fully saturated rings. The van der Waals surface area contributed by atoms with Gasteiger partial charge in [0.25, 0.3) is 0 Å². The summed E-state index contributed by atoms with van der Waals surface area (Å²) in [6.45, 7) is 3.57. The van der Waals surface area contributed by atoms with E-state index >= 15 is 0 Å². The van der Waals surface area contributed by atoms with Gasteiger partial charge in [-0.1, -0.05) is 44.2 Å². The number of hydrogen-bond acceptors (Lipinski definition) is 3. The second-order valence-corrected chi connectivity index (χ2v) is 6.67. The molecule has 5 nitrogen and oxygen atoms in total. The monoisotopic (exact) mass is 269 g/mol. The van der Waals surface area contributed by atoms with Crippen LogP contribution in [0.2, 0.25) is 0 Å². The molecule has 1 aromatic rings. The minimum atomic E-state index is -3.40. The van der Waals surface area contributed by atoms with Crippen LogP contribution in [0.4, 0.5) is 0 Å². The molecule has 0 unspecified atom stereocenters. The first-order chi connectivity index (χ1) is 8.23. The summed E-state index contributed by atoms with van der Waals surface area (Å²) in [4.78, 5) is 0. The van der Waals surface area contributed by atoms with E-state index in [1.54, 1.807) is 38.1 Å². The van der Waals surface area contributed by atoms with E-state index in [2.05, 4.69) is 4.72 Å². The van der Waals surface area contributed by atoms with E-state index in [1.807, 2.05) is 6.07 Å². The zero-order valence-electron chi connectivity index (χ0n) is 10.6. The Morgan fingerprint density at radius 2 is 1.89 bits per heavy atom. The number of hydrogen-bond donors (Lipinski definition) is 3. The summed E-state index contributed by atoms with van der Waals surface area (Å²) in [6, 6.07) is 8.95. The Balaban J connectivity index is 2.64. The highest BCUT2D eigenvalue weighted by molar-refractivity contribution is 7.88. The van der Waals surface area contributed by atoms with E-state index in [0.717, 1.165) is 5.56 Å². The number of amidine groups is 1. The van der Waals surface area contributed by atoms with Crippen LogP contribution in [-0.4, -0.2) is 20.8 Å². The highest BCUT2D eigenvalue weighted by Crippen LogP contribution is 2.13. The third kappa shape index (κ3) is 4.46. The standard InChI is InChI=1S/C12H19N3O2S/c1-12(2,11(13)14)9-15-18(16,17)8-10-6-4-3-5-7-10/h3-7,15H,8-9H2,1-2H3,(H3,13,14). The molecule has 0 amide bonds. The van der Waals surface area contributed by atoms with Crippen molar-refractivity contribution in [2.75, 3.05) is 6.54 Å².